The van der Waals surface area contributed by atoms with Crippen LogP contribution in [0.4, 0.5) is 10.1 Å². The Bertz CT molecular complexity index is 676. The number of anilines is 1. The number of nitrogens with one attached hydrogen (secondary N) is 2. The molecular formula is C16H23FN2O3S. The van der Waals surface area contributed by atoms with Crippen molar-refractivity contribution in [3.05, 3.63) is 24.0 Å². The van der Waals surface area contributed by atoms with Crippen LogP contribution in [0.2, 0.25) is 0 Å². The number of hydrogen-bond donors (Lipinski definition) is 2. The van der Waals surface area contributed by atoms with Crippen molar-refractivity contribution in [1.82, 2.24) is 5.32 Å². The van der Waals surface area contributed by atoms with E-state index < -0.39 is 15.7 Å². The lowest BCUT2D eigenvalue weighted by Gasteiger charge is -2.29. The molecule has 0 unspecified atom stereocenters. The Morgan fingerprint density at radius 3 is 2.65 bits per heavy atom. The van der Waals surface area contributed by atoms with E-state index in [1.165, 1.54) is 12.5 Å². The van der Waals surface area contributed by atoms with Crippen molar-refractivity contribution in [2.24, 2.45) is 5.92 Å². The van der Waals surface area contributed by atoms with E-state index >= 15 is 0 Å². The normalized spacial score (nSPS) is 21.9. The first-order chi connectivity index (χ1) is 10.8. The molecule has 128 valence electrons. The predicted molar refractivity (Wildman–Crippen MR) is 87.6 cm³/mol. The minimum Gasteiger partial charge on any atom is -0.322 e. The number of carbonyl (C=O) groups excluding carboxylic acids is 1. The minimum absolute atomic E-state index is 0.0249. The van der Waals surface area contributed by atoms with Gasteiger partial charge in [0.15, 0.2) is 9.84 Å². The number of hydrogen-bond acceptors (Lipinski definition) is 4. The molecule has 1 saturated carbocycles. The van der Waals surface area contributed by atoms with Crippen LogP contribution >= 0.6 is 0 Å². The van der Waals surface area contributed by atoms with Crippen LogP contribution in [0.3, 0.4) is 0 Å². The molecule has 2 rings (SSSR count). The third-order valence-corrected chi connectivity index (χ3v) is 5.39. The highest BCUT2D eigenvalue weighted by atomic mass is 32.2. The summed E-state index contributed by atoms with van der Waals surface area (Å²) in [7, 11) is -3.45. The second kappa shape index (κ2) is 7.40. The van der Waals surface area contributed by atoms with Gasteiger partial charge in [0, 0.05) is 12.3 Å². The lowest BCUT2D eigenvalue weighted by atomic mass is 9.86. The summed E-state index contributed by atoms with van der Waals surface area (Å²) in [5, 5.41) is 5.64. The fourth-order valence-electron chi connectivity index (χ4n) is 2.87. The average Bonchev–Trinajstić information content (AvgIpc) is 2.47. The molecule has 7 heteroatoms. The highest BCUT2D eigenvalue weighted by Crippen LogP contribution is 2.23. The van der Waals surface area contributed by atoms with Crippen molar-refractivity contribution in [1.29, 1.82) is 0 Å². The first-order valence-electron chi connectivity index (χ1n) is 7.80. The van der Waals surface area contributed by atoms with Crippen LogP contribution in [0.1, 0.15) is 32.6 Å². The van der Waals surface area contributed by atoms with Gasteiger partial charge in [-0.25, -0.2) is 12.8 Å². The number of benzene rings is 1. The van der Waals surface area contributed by atoms with Gasteiger partial charge in [-0.05, 0) is 37.0 Å². The molecule has 1 aromatic carbocycles. The fourth-order valence-corrected chi connectivity index (χ4v) is 3.52. The Hall–Kier alpha value is -1.47. The summed E-state index contributed by atoms with van der Waals surface area (Å²) < 4.78 is 36.8. The molecule has 1 aromatic rings. The summed E-state index contributed by atoms with van der Waals surface area (Å²) in [6.45, 7) is 2.24. The highest BCUT2D eigenvalue weighted by molar-refractivity contribution is 7.90. The lowest BCUT2D eigenvalue weighted by molar-refractivity contribution is -0.115. The zero-order valence-corrected chi connectivity index (χ0v) is 14.2. The van der Waals surface area contributed by atoms with Gasteiger partial charge >= 0.3 is 0 Å². The second-order valence-electron chi connectivity index (χ2n) is 6.21. The van der Waals surface area contributed by atoms with E-state index in [1.807, 2.05) is 0 Å². The van der Waals surface area contributed by atoms with E-state index in [2.05, 4.69) is 17.6 Å². The minimum atomic E-state index is -3.45. The summed E-state index contributed by atoms with van der Waals surface area (Å²) in [5.74, 6) is -0.522. The maximum Gasteiger partial charge on any atom is 0.238 e. The average molecular weight is 342 g/mol. The Kier molecular flexibility index (Phi) is 5.75. The molecule has 2 atom stereocenters. The van der Waals surface area contributed by atoms with Crippen LogP contribution in [0.15, 0.2) is 23.1 Å². The maximum atomic E-state index is 13.7. The molecule has 0 aliphatic heterocycles. The van der Waals surface area contributed by atoms with Gasteiger partial charge in [-0.15, -0.1) is 0 Å². The quantitative estimate of drug-likeness (QED) is 0.806. The zero-order valence-electron chi connectivity index (χ0n) is 13.4. The highest BCUT2D eigenvalue weighted by Gasteiger charge is 2.21. The molecule has 0 bridgehead atoms. The molecule has 0 saturated heterocycles. The van der Waals surface area contributed by atoms with Crippen LogP contribution < -0.4 is 10.6 Å². The van der Waals surface area contributed by atoms with E-state index in [9.17, 15) is 17.6 Å². The molecule has 1 aliphatic rings. The van der Waals surface area contributed by atoms with Crippen molar-refractivity contribution in [3.8, 4) is 0 Å². The van der Waals surface area contributed by atoms with Gasteiger partial charge in [0.05, 0.1) is 17.1 Å². The van der Waals surface area contributed by atoms with Crippen molar-refractivity contribution in [3.63, 3.8) is 0 Å². The Labute approximate surface area is 136 Å². The summed E-state index contributed by atoms with van der Waals surface area (Å²) in [4.78, 5) is 12.0. The first-order valence-corrected chi connectivity index (χ1v) is 9.69. The molecular weight excluding hydrogens is 319 g/mol. The van der Waals surface area contributed by atoms with Gasteiger partial charge in [0.1, 0.15) is 5.82 Å². The molecule has 2 N–H and O–H groups in total. The number of carbonyl (C=O) groups is 1. The van der Waals surface area contributed by atoms with Gasteiger partial charge in [-0.2, -0.15) is 0 Å². The zero-order chi connectivity index (χ0) is 17.0. The van der Waals surface area contributed by atoms with Gasteiger partial charge in [-0.3, -0.25) is 4.79 Å². The number of amides is 1. The molecule has 23 heavy (non-hydrogen) atoms. The molecule has 0 radical (unpaired) electrons. The van der Waals surface area contributed by atoms with Crippen molar-refractivity contribution in [2.75, 3.05) is 18.1 Å². The monoisotopic (exact) mass is 342 g/mol. The van der Waals surface area contributed by atoms with Gasteiger partial charge < -0.3 is 10.6 Å². The molecule has 1 fully saturated rings. The molecule has 0 heterocycles. The number of rotatable bonds is 5. The third-order valence-electron chi connectivity index (χ3n) is 4.28. The summed E-state index contributed by atoms with van der Waals surface area (Å²) in [5.41, 5.74) is -0.114. The first kappa shape index (κ1) is 17.9. The van der Waals surface area contributed by atoms with E-state index in [4.69, 9.17) is 0 Å². The summed E-state index contributed by atoms with van der Waals surface area (Å²) >= 11 is 0. The van der Waals surface area contributed by atoms with Crippen molar-refractivity contribution in [2.45, 2.75) is 43.5 Å². The van der Waals surface area contributed by atoms with Crippen LogP contribution in [-0.2, 0) is 14.6 Å². The standard InChI is InChI=1S/C16H23FN2O3S/c1-11-5-3-4-6-14(11)18-10-16(20)19-15-9-12(23(2,21)22)7-8-13(15)17/h7-9,11,14,18H,3-6,10H2,1-2H3,(H,19,20)/t11-,14+/m1/s1. The predicted octanol–water partition coefficient (Wildman–Crippen LogP) is 2.34. The largest absolute Gasteiger partial charge is 0.322 e. The Morgan fingerprint density at radius 2 is 2.00 bits per heavy atom. The van der Waals surface area contributed by atoms with E-state index in [0.717, 1.165) is 37.7 Å². The van der Waals surface area contributed by atoms with Gasteiger partial charge in [-0.1, -0.05) is 19.8 Å². The van der Waals surface area contributed by atoms with Crippen molar-refractivity contribution >= 4 is 21.4 Å². The summed E-state index contributed by atoms with van der Waals surface area (Å²) in [6, 6.07) is 3.66. The van der Waals surface area contributed by atoms with Crippen LogP contribution in [0.5, 0.6) is 0 Å². The molecule has 0 aromatic heterocycles. The molecule has 1 amide bonds. The molecule has 5 nitrogen and oxygen atoms in total. The van der Waals surface area contributed by atoms with Gasteiger partial charge in [0.2, 0.25) is 5.91 Å². The second-order valence-corrected chi connectivity index (χ2v) is 8.23. The fraction of sp³-hybridized carbons (Fsp3) is 0.562. The van der Waals surface area contributed by atoms with E-state index in [1.54, 1.807) is 0 Å². The van der Waals surface area contributed by atoms with Crippen molar-refractivity contribution < 1.29 is 17.6 Å². The Balaban J connectivity index is 1.97. The maximum absolute atomic E-state index is 13.7. The third kappa shape index (κ3) is 5.00. The van der Waals surface area contributed by atoms with Crippen LogP contribution in [0.25, 0.3) is 0 Å². The van der Waals surface area contributed by atoms with Gasteiger partial charge in [0.25, 0.3) is 0 Å². The van der Waals surface area contributed by atoms with E-state index in [0.29, 0.717) is 12.0 Å². The smallest absolute Gasteiger partial charge is 0.238 e. The topological polar surface area (TPSA) is 75.3 Å². The number of sulfone groups is 1. The molecule has 0 spiro atoms. The van der Waals surface area contributed by atoms with Crippen LogP contribution in [0, 0.1) is 11.7 Å². The lowest BCUT2D eigenvalue weighted by Crippen LogP contribution is -2.41. The summed E-state index contributed by atoms with van der Waals surface area (Å²) in [6.07, 6.45) is 5.58. The van der Waals surface area contributed by atoms with Crippen LogP contribution in [-0.4, -0.2) is 33.2 Å². The number of halogens is 1. The molecule has 1 aliphatic carbocycles. The van der Waals surface area contributed by atoms with E-state index in [-0.39, 0.29) is 23.0 Å². The Morgan fingerprint density at radius 1 is 1.30 bits per heavy atom. The SMILES string of the molecule is C[C@@H]1CCCC[C@@H]1NCC(=O)Nc1cc(S(C)(=O)=O)ccc1F.